The molecule has 0 aliphatic rings. The SMILES string of the molecule is Clc1ccc2ccc3c(-c4cccc5ccccc45)cc(-c4ccccc4)nc3c2n1.O[B]Oc1ccc(-c2ccc(-c3nc(-c4ccccc4)nc(-c4ccccc4)n3)cc2)cc1.c1ccc(-c2cc(-c3cccc4ccccc34)c3ccc4ccc(-c5ccc(-c6ccc(-c7nc(-c8ccccc8)nc(-c8ccccc8)n7)cc6)cc5)nc4c3n2)cc1. The van der Waals surface area contributed by atoms with E-state index < -0.39 is 0 Å². The van der Waals surface area contributed by atoms with Gasteiger partial charge in [-0.3, -0.25) is 0 Å². The molecule has 0 aliphatic heterocycles. The topological polar surface area (TPSA) is 158 Å². The number of aromatic nitrogens is 10. The molecular weight excluding hydrogens is 1540 g/mol. The highest BCUT2D eigenvalue weighted by molar-refractivity contribution is 6.30. The minimum Gasteiger partial charge on any atom is -0.537 e. The van der Waals surface area contributed by atoms with Gasteiger partial charge < -0.3 is 9.68 Å². The van der Waals surface area contributed by atoms with Gasteiger partial charge in [-0.25, -0.2) is 49.8 Å². The van der Waals surface area contributed by atoms with E-state index in [4.69, 9.17) is 66.1 Å². The third kappa shape index (κ3) is 16.1. The minimum absolute atomic E-state index is 0.471. The molecule has 0 atom stereocenters. The first kappa shape index (κ1) is 76.5. The molecule has 12 nitrogen and oxygen atoms in total. The van der Waals surface area contributed by atoms with Gasteiger partial charge in [0.1, 0.15) is 10.9 Å². The number of hydrogen-bond donors (Lipinski definition) is 1. The Hall–Kier alpha value is -16.2. The first-order chi connectivity index (χ1) is 61.3. The Morgan fingerprint density at radius 1 is 0.194 bits per heavy atom. The summed E-state index contributed by atoms with van der Waals surface area (Å²) in [5, 5.41) is 18.3. The summed E-state index contributed by atoms with van der Waals surface area (Å²) in [5.74, 6) is 4.40. The van der Waals surface area contributed by atoms with E-state index in [0.717, 1.165) is 144 Å². The predicted octanol–water partition coefficient (Wildman–Crippen LogP) is 27.2. The van der Waals surface area contributed by atoms with Crippen LogP contribution in [0, 0.1) is 0 Å². The van der Waals surface area contributed by atoms with Gasteiger partial charge in [0.05, 0.1) is 39.1 Å². The minimum atomic E-state index is 0.471. The lowest BCUT2D eigenvalue weighted by molar-refractivity contribution is 0.454. The van der Waals surface area contributed by atoms with Crippen LogP contribution in [-0.2, 0) is 0 Å². The quantitative estimate of drug-likeness (QED) is 0.0589. The van der Waals surface area contributed by atoms with Crippen molar-refractivity contribution in [3.05, 3.63) is 430 Å². The van der Waals surface area contributed by atoms with Gasteiger partial charge in [-0.2, -0.15) is 0 Å². The monoisotopic (exact) mass is 1610 g/mol. The molecule has 0 spiro atoms. The van der Waals surface area contributed by atoms with Crippen LogP contribution < -0.4 is 4.65 Å². The van der Waals surface area contributed by atoms with Crippen molar-refractivity contribution in [2.75, 3.05) is 0 Å². The zero-order valence-corrected chi connectivity index (χ0v) is 67.5. The van der Waals surface area contributed by atoms with Crippen LogP contribution in [0.5, 0.6) is 5.75 Å². The molecule has 16 aromatic carbocycles. The summed E-state index contributed by atoms with van der Waals surface area (Å²) in [6.45, 7) is 0. The van der Waals surface area contributed by atoms with Crippen molar-refractivity contribution in [1.29, 1.82) is 0 Å². The Balaban J connectivity index is 0.000000129. The van der Waals surface area contributed by atoms with Crippen LogP contribution in [0.3, 0.4) is 0 Å². The zero-order valence-electron chi connectivity index (χ0n) is 66.7. The number of halogens is 1. The summed E-state index contributed by atoms with van der Waals surface area (Å²) in [6, 6.07) is 144. The van der Waals surface area contributed by atoms with Gasteiger partial charge in [-0.1, -0.05) is 394 Å². The summed E-state index contributed by atoms with van der Waals surface area (Å²) in [5.41, 5.74) is 23.9. The van der Waals surface area contributed by atoms with Crippen molar-refractivity contribution in [3.63, 3.8) is 0 Å². The molecular formula is C110H71BClN10O2. The molecule has 124 heavy (non-hydrogen) atoms. The van der Waals surface area contributed by atoms with Crippen molar-refractivity contribution in [1.82, 2.24) is 49.8 Å². The van der Waals surface area contributed by atoms with E-state index in [9.17, 15) is 0 Å². The second-order valence-corrected chi connectivity index (χ2v) is 30.2. The van der Waals surface area contributed by atoms with Crippen molar-refractivity contribution < 1.29 is 9.68 Å². The Labute approximate surface area is 721 Å². The molecule has 0 saturated carbocycles. The molecule has 1 radical (unpaired) electrons. The largest absolute Gasteiger partial charge is 0.569 e. The van der Waals surface area contributed by atoms with Crippen molar-refractivity contribution in [2.45, 2.75) is 0 Å². The third-order valence-corrected chi connectivity index (χ3v) is 22.3. The summed E-state index contributed by atoms with van der Waals surface area (Å²) >= 11 is 6.27. The maximum absolute atomic E-state index is 8.77. The van der Waals surface area contributed by atoms with Gasteiger partial charge in [-0.15, -0.1) is 0 Å². The number of pyridine rings is 4. The van der Waals surface area contributed by atoms with Crippen LogP contribution in [0.1, 0.15) is 0 Å². The normalized spacial score (nSPS) is 11.1. The lowest BCUT2D eigenvalue weighted by Crippen LogP contribution is -2.00. The Morgan fingerprint density at radius 2 is 0.476 bits per heavy atom. The van der Waals surface area contributed by atoms with Gasteiger partial charge in [0, 0.05) is 71.6 Å². The molecule has 0 aliphatic carbocycles. The molecule has 0 fully saturated rings. The summed E-state index contributed by atoms with van der Waals surface area (Å²) in [6.07, 6.45) is 0. The van der Waals surface area contributed by atoms with Crippen molar-refractivity contribution >= 4 is 84.4 Å². The van der Waals surface area contributed by atoms with Gasteiger partial charge in [-0.05, 0) is 109 Å². The van der Waals surface area contributed by atoms with E-state index in [1.165, 1.54) is 32.7 Å². The highest BCUT2D eigenvalue weighted by Gasteiger charge is 2.21. The maximum atomic E-state index is 8.77. The Bertz CT molecular complexity index is 7520. The smallest absolute Gasteiger partial charge is 0.537 e. The first-order valence-corrected chi connectivity index (χ1v) is 41.2. The van der Waals surface area contributed by atoms with E-state index in [1.54, 1.807) is 12.1 Å². The lowest BCUT2D eigenvalue weighted by Gasteiger charge is -2.14. The van der Waals surface area contributed by atoms with Gasteiger partial charge in [0.15, 0.2) is 34.9 Å². The number of fused-ring (bicyclic) bond motifs is 8. The number of benzene rings is 16. The summed E-state index contributed by atoms with van der Waals surface area (Å²) in [4.78, 5) is 49.3. The fourth-order valence-corrected chi connectivity index (χ4v) is 16.0. The molecule has 0 amide bonds. The summed E-state index contributed by atoms with van der Waals surface area (Å²) < 4.78 is 4.98. The molecule has 0 bridgehead atoms. The van der Waals surface area contributed by atoms with Crippen LogP contribution in [0.2, 0.25) is 5.15 Å². The van der Waals surface area contributed by atoms with E-state index in [-0.39, 0.29) is 0 Å². The van der Waals surface area contributed by atoms with Crippen LogP contribution >= 0.6 is 11.6 Å². The van der Waals surface area contributed by atoms with Crippen molar-refractivity contribution in [2.24, 2.45) is 0 Å². The number of rotatable bonds is 15. The predicted molar refractivity (Wildman–Crippen MR) is 507 cm³/mol. The zero-order chi connectivity index (χ0) is 83.1. The summed E-state index contributed by atoms with van der Waals surface area (Å²) in [7, 11) is 0.673. The molecule has 22 aromatic rings. The average molecular weight is 1610 g/mol. The fraction of sp³-hybridized carbons (Fsp3) is 0. The molecule has 0 unspecified atom stereocenters. The van der Waals surface area contributed by atoms with E-state index >= 15 is 0 Å². The van der Waals surface area contributed by atoms with E-state index in [0.29, 0.717) is 53.5 Å². The molecule has 14 heteroatoms. The second kappa shape index (κ2) is 34.6. The van der Waals surface area contributed by atoms with Crippen LogP contribution in [0.15, 0.2) is 425 Å². The van der Waals surface area contributed by atoms with Crippen LogP contribution in [0.25, 0.3) is 212 Å². The lowest BCUT2D eigenvalue weighted by atomic mass is 9.93. The van der Waals surface area contributed by atoms with Gasteiger partial charge in [0.2, 0.25) is 0 Å². The average Bonchev–Trinajstić information content (AvgIpc) is 0.746. The van der Waals surface area contributed by atoms with E-state index in [2.05, 4.69) is 223 Å². The number of hydrogen-bond acceptors (Lipinski definition) is 12. The Kier molecular flexibility index (Phi) is 21.4. The number of nitrogens with zero attached hydrogens (tertiary/aromatic N) is 10. The van der Waals surface area contributed by atoms with Crippen LogP contribution in [0.4, 0.5) is 0 Å². The highest BCUT2D eigenvalue weighted by Crippen LogP contribution is 2.42. The molecule has 6 heterocycles. The second-order valence-electron chi connectivity index (χ2n) is 29.8. The third-order valence-electron chi connectivity index (χ3n) is 22.1. The first-order valence-electron chi connectivity index (χ1n) is 40.8. The highest BCUT2D eigenvalue weighted by atomic mass is 35.5. The molecule has 583 valence electrons. The van der Waals surface area contributed by atoms with Gasteiger partial charge in [0.25, 0.3) is 0 Å². The fourth-order valence-electron chi connectivity index (χ4n) is 15.9. The maximum Gasteiger partial charge on any atom is 0.569 e. The molecule has 6 aromatic heterocycles. The standard InChI is InChI=1S/C55H35N5.C28H17ClN2.C27H19BN3O2/c1-4-14-39(15-5-1)50-35-48(46-22-12-20-38-13-10-11-21-45(38)46)47-33-31-41-32-34-49(56-51(41)52(47)57-50)40-27-23-36(24-28-40)37-25-29-44(30-26-37)55-59-53(42-16-6-2-7-17-42)58-54(60-55)43-18-8-3-9-19-43;29-26-16-14-20-13-15-23-24(22-12-6-10-18-7-4-5-11-21(18)22)17-25(19-8-2-1-3-9-19)30-28(23)27(20)31-26;32-28-33-24-17-15-20(16-18-24)19-11-13-23(14-12-19)27-30-25(21-7-3-1-4-8-21)29-26(31-27)22-9-5-2-6-10-22/h1-35H;1-17H;1-18,32H. The van der Waals surface area contributed by atoms with Gasteiger partial charge >= 0.3 is 7.69 Å². The van der Waals surface area contributed by atoms with Crippen LogP contribution in [-0.4, -0.2) is 62.5 Å². The van der Waals surface area contributed by atoms with E-state index in [1.807, 2.05) is 194 Å². The molecule has 0 saturated heterocycles. The molecule has 1 N–H and O–H groups in total. The molecule has 22 rings (SSSR count). The van der Waals surface area contributed by atoms with Crippen molar-refractivity contribution in [3.8, 4) is 152 Å². The Morgan fingerprint density at radius 3 is 0.855 bits per heavy atom.